The topological polar surface area (TPSA) is 47.9 Å². The zero-order chi connectivity index (χ0) is 17.8. The van der Waals surface area contributed by atoms with E-state index in [9.17, 15) is 5.11 Å². The third kappa shape index (κ3) is 3.11. The SMILES string of the molecule is COc1ccc(-c2c(O)cc(-c3ccccc3)c(OC)c2OC)cc1. The zero-order valence-electron chi connectivity index (χ0n) is 14.4. The van der Waals surface area contributed by atoms with Crippen molar-refractivity contribution in [1.82, 2.24) is 0 Å². The molecule has 0 aromatic heterocycles. The van der Waals surface area contributed by atoms with Crippen LogP contribution in [0.1, 0.15) is 0 Å². The molecular formula is C21H20O4. The lowest BCUT2D eigenvalue weighted by Crippen LogP contribution is -1.97. The molecule has 0 fully saturated rings. The number of phenols is 1. The Labute approximate surface area is 147 Å². The van der Waals surface area contributed by atoms with Crippen LogP contribution in [0.4, 0.5) is 0 Å². The number of hydrogen-bond acceptors (Lipinski definition) is 4. The molecule has 0 saturated carbocycles. The summed E-state index contributed by atoms with van der Waals surface area (Å²) in [7, 11) is 4.78. The Morgan fingerprint density at radius 3 is 1.88 bits per heavy atom. The third-order valence-electron chi connectivity index (χ3n) is 4.09. The summed E-state index contributed by atoms with van der Waals surface area (Å²) in [6.07, 6.45) is 0. The molecule has 128 valence electrons. The fourth-order valence-electron chi connectivity index (χ4n) is 2.89. The van der Waals surface area contributed by atoms with E-state index in [1.807, 2.05) is 54.6 Å². The van der Waals surface area contributed by atoms with Crippen LogP contribution < -0.4 is 14.2 Å². The highest BCUT2D eigenvalue weighted by Gasteiger charge is 2.21. The summed E-state index contributed by atoms with van der Waals surface area (Å²) in [5.41, 5.74) is 3.11. The molecule has 0 aliphatic rings. The minimum Gasteiger partial charge on any atom is -0.507 e. The summed E-state index contributed by atoms with van der Waals surface area (Å²) in [4.78, 5) is 0. The van der Waals surface area contributed by atoms with Gasteiger partial charge in [0.05, 0.1) is 26.9 Å². The molecule has 0 saturated heterocycles. The Balaban J connectivity index is 2.23. The van der Waals surface area contributed by atoms with Gasteiger partial charge in [0.25, 0.3) is 0 Å². The highest BCUT2D eigenvalue weighted by Crippen LogP contribution is 2.49. The summed E-state index contributed by atoms with van der Waals surface area (Å²) < 4.78 is 16.4. The monoisotopic (exact) mass is 336 g/mol. The Morgan fingerprint density at radius 2 is 1.32 bits per heavy atom. The first-order valence-corrected chi connectivity index (χ1v) is 7.87. The zero-order valence-corrected chi connectivity index (χ0v) is 14.4. The van der Waals surface area contributed by atoms with E-state index in [-0.39, 0.29) is 5.75 Å². The second-order valence-electron chi connectivity index (χ2n) is 5.48. The van der Waals surface area contributed by atoms with Gasteiger partial charge in [-0.1, -0.05) is 42.5 Å². The van der Waals surface area contributed by atoms with Gasteiger partial charge in [-0.05, 0) is 29.3 Å². The van der Waals surface area contributed by atoms with Crippen molar-refractivity contribution in [2.75, 3.05) is 21.3 Å². The second kappa shape index (κ2) is 7.18. The number of aromatic hydroxyl groups is 1. The number of benzene rings is 3. The van der Waals surface area contributed by atoms with E-state index in [1.165, 1.54) is 0 Å². The van der Waals surface area contributed by atoms with Gasteiger partial charge in [0.1, 0.15) is 11.5 Å². The van der Waals surface area contributed by atoms with Crippen LogP contribution in [-0.2, 0) is 0 Å². The molecule has 0 heterocycles. The summed E-state index contributed by atoms with van der Waals surface area (Å²) in [6, 6.07) is 18.9. The lowest BCUT2D eigenvalue weighted by Gasteiger charge is -2.18. The summed E-state index contributed by atoms with van der Waals surface area (Å²) >= 11 is 0. The summed E-state index contributed by atoms with van der Waals surface area (Å²) in [6.45, 7) is 0. The number of phenolic OH excluding ortho intramolecular Hbond substituents is 1. The van der Waals surface area contributed by atoms with Gasteiger partial charge in [-0.2, -0.15) is 0 Å². The van der Waals surface area contributed by atoms with E-state index in [0.717, 1.165) is 22.4 Å². The van der Waals surface area contributed by atoms with E-state index >= 15 is 0 Å². The van der Waals surface area contributed by atoms with Gasteiger partial charge in [-0.3, -0.25) is 0 Å². The molecule has 0 aliphatic carbocycles. The van der Waals surface area contributed by atoms with Crippen molar-refractivity contribution in [3.8, 4) is 45.3 Å². The molecule has 3 aromatic carbocycles. The molecule has 0 amide bonds. The smallest absolute Gasteiger partial charge is 0.172 e. The molecule has 0 bridgehead atoms. The van der Waals surface area contributed by atoms with Crippen LogP contribution in [0.3, 0.4) is 0 Å². The average Bonchev–Trinajstić information content (AvgIpc) is 2.67. The van der Waals surface area contributed by atoms with Crippen LogP contribution in [0, 0.1) is 0 Å². The van der Waals surface area contributed by atoms with E-state index in [1.54, 1.807) is 27.4 Å². The van der Waals surface area contributed by atoms with Crippen molar-refractivity contribution in [3.63, 3.8) is 0 Å². The summed E-state index contributed by atoms with van der Waals surface area (Å²) in [5, 5.41) is 10.7. The molecular weight excluding hydrogens is 316 g/mol. The molecule has 3 rings (SSSR count). The Hall–Kier alpha value is -3.14. The average molecular weight is 336 g/mol. The van der Waals surface area contributed by atoms with Crippen molar-refractivity contribution >= 4 is 0 Å². The molecule has 4 heteroatoms. The quantitative estimate of drug-likeness (QED) is 0.730. The first-order valence-electron chi connectivity index (χ1n) is 7.87. The minimum absolute atomic E-state index is 0.127. The van der Waals surface area contributed by atoms with Crippen LogP contribution >= 0.6 is 0 Å². The molecule has 0 unspecified atom stereocenters. The molecule has 1 N–H and O–H groups in total. The van der Waals surface area contributed by atoms with E-state index in [4.69, 9.17) is 14.2 Å². The largest absolute Gasteiger partial charge is 0.507 e. The standard InChI is InChI=1S/C21H20O4/c1-23-16-11-9-15(10-12-16)19-18(22)13-17(14-7-5-4-6-8-14)20(24-2)21(19)25-3/h4-13,22H,1-3H3. The second-order valence-corrected chi connectivity index (χ2v) is 5.48. The normalized spacial score (nSPS) is 10.4. The third-order valence-corrected chi connectivity index (χ3v) is 4.09. The van der Waals surface area contributed by atoms with Gasteiger partial charge < -0.3 is 19.3 Å². The van der Waals surface area contributed by atoms with Crippen molar-refractivity contribution < 1.29 is 19.3 Å². The van der Waals surface area contributed by atoms with Crippen LogP contribution in [-0.4, -0.2) is 26.4 Å². The molecule has 25 heavy (non-hydrogen) atoms. The van der Waals surface area contributed by atoms with Gasteiger partial charge in [0.2, 0.25) is 0 Å². The lowest BCUT2D eigenvalue weighted by atomic mass is 9.96. The van der Waals surface area contributed by atoms with Crippen LogP contribution in [0.5, 0.6) is 23.0 Å². The maximum atomic E-state index is 10.7. The van der Waals surface area contributed by atoms with E-state index in [2.05, 4.69) is 0 Å². The number of rotatable bonds is 5. The number of methoxy groups -OCH3 is 3. The van der Waals surface area contributed by atoms with Crippen LogP contribution in [0.25, 0.3) is 22.3 Å². The van der Waals surface area contributed by atoms with Crippen molar-refractivity contribution in [2.45, 2.75) is 0 Å². The Kier molecular flexibility index (Phi) is 4.80. The van der Waals surface area contributed by atoms with Gasteiger partial charge in [0.15, 0.2) is 11.5 Å². The molecule has 0 atom stereocenters. The maximum absolute atomic E-state index is 10.7. The highest BCUT2D eigenvalue weighted by atomic mass is 16.5. The van der Waals surface area contributed by atoms with Gasteiger partial charge in [-0.25, -0.2) is 0 Å². The molecule has 0 radical (unpaired) electrons. The van der Waals surface area contributed by atoms with E-state index in [0.29, 0.717) is 17.1 Å². The predicted octanol–water partition coefficient (Wildman–Crippen LogP) is 4.75. The Bertz CT molecular complexity index is 855. The van der Waals surface area contributed by atoms with Crippen LogP contribution in [0.15, 0.2) is 60.7 Å². The molecule has 4 nitrogen and oxygen atoms in total. The van der Waals surface area contributed by atoms with Gasteiger partial charge in [0, 0.05) is 5.56 Å². The fraction of sp³-hybridized carbons (Fsp3) is 0.143. The minimum atomic E-state index is 0.127. The van der Waals surface area contributed by atoms with E-state index < -0.39 is 0 Å². The lowest BCUT2D eigenvalue weighted by molar-refractivity contribution is 0.354. The first kappa shape index (κ1) is 16.7. The Morgan fingerprint density at radius 1 is 0.680 bits per heavy atom. The number of ether oxygens (including phenoxy) is 3. The van der Waals surface area contributed by atoms with Crippen LogP contribution in [0.2, 0.25) is 0 Å². The summed E-state index contributed by atoms with van der Waals surface area (Å²) in [5.74, 6) is 1.94. The first-order chi connectivity index (χ1) is 12.2. The van der Waals surface area contributed by atoms with Gasteiger partial charge in [-0.15, -0.1) is 0 Å². The molecule has 0 spiro atoms. The van der Waals surface area contributed by atoms with Crippen molar-refractivity contribution in [1.29, 1.82) is 0 Å². The fourth-order valence-corrected chi connectivity index (χ4v) is 2.89. The van der Waals surface area contributed by atoms with Crippen molar-refractivity contribution in [2.24, 2.45) is 0 Å². The predicted molar refractivity (Wildman–Crippen MR) is 98.6 cm³/mol. The maximum Gasteiger partial charge on any atom is 0.172 e. The highest BCUT2D eigenvalue weighted by molar-refractivity contribution is 5.87. The number of hydrogen-bond donors (Lipinski definition) is 1. The van der Waals surface area contributed by atoms with Crippen molar-refractivity contribution in [3.05, 3.63) is 60.7 Å². The molecule has 0 aliphatic heterocycles. The molecule has 3 aromatic rings. The van der Waals surface area contributed by atoms with Gasteiger partial charge >= 0.3 is 0 Å².